The Morgan fingerprint density at radius 3 is 2.81 bits per heavy atom. The van der Waals surface area contributed by atoms with Gasteiger partial charge < -0.3 is 5.32 Å². The Balaban J connectivity index is 1.96. The number of imidazole rings is 1. The summed E-state index contributed by atoms with van der Waals surface area (Å²) in [5.74, 6) is 0.412. The summed E-state index contributed by atoms with van der Waals surface area (Å²) in [6.45, 7) is 0.0509. The molecule has 0 unspecified atom stereocenters. The molecule has 1 saturated carbocycles. The minimum atomic E-state index is -2.50. The van der Waals surface area contributed by atoms with Gasteiger partial charge in [-0.2, -0.15) is 8.78 Å². The normalized spacial score (nSPS) is 18.8. The number of alkyl halides is 2. The van der Waals surface area contributed by atoms with Gasteiger partial charge in [-0.15, -0.1) is 0 Å². The summed E-state index contributed by atoms with van der Waals surface area (Å²) < 4.78 is 26.0. The third kappa shape index (κ3) is 2.09. The highest BCUT2D eigenvalue weighted by molar-refractivity contribution is 4.99. The van der Waals surface area contributed by atoms with Crippen molar-refractivity contribution in [2.75, 3.05) is 0 Å². The first-order chi connectivity index (χ1) is 7.67. The molecular formula is C11H17F2N3. The van der Waals surface area contributed by atoms with Crippen LogP contribution >= 0.6 is 0 Å². The van der Waals surface area contributed by atoms with Crippen LogP contribution in [0.4, 0.5) is 8.78 Å². The highest BCUT2D eigenvalue weighted by Crippen LogP contribution is 2.34. The number of rotatable bonds is 5. The second-order valence-corrected chi connectivity index (χ2v) is 4.37. The first-order valence-electron chi connectivity index (χ1n) is 5.72. The quantitative estimate of drug-likeness (QED) is 0.841. The fourth-order valence-electron chi connectivity index (χ4n) is 2.18. The molecule has 90 valence electrons. The zero-order valence-corrected chi connectivity index (χ0v) is 9.42. The van der Waals surface area contributed by atoms with Gasteiger partial charge in [0, 0.05) is 17.9 Å². The molecule has 1 aliphatic rings. The van der Waals surface area contributed by atoms with E-state index in [9.17, 15) is 8.78 Å². The van der Waals surface area contributed by atoms with Gasteiger partial charge in [0.25, 0.3) is 0 Å². The van der Waals surface area contributed by atoms with Crippen LogP contribution in [0.15, 0.2) is 12.4 Å². The summed E-state index contributed by atoms with van der Waals surface area (Å²) in [7, 11) is 0. The van der Waals surface area contributed by atoms with Crippen molar-refractivity contribution in [1.82, 2.24) is 14.9 Å². The van der Waals surface area contributed by atoms with Crippen LogP contribution < -0.4 is 5.32 Å². The van der Waals surface area contributed by atoms with Crippen molar-refractivity contribution < 1.29 is 8.78 Å². The molecule has 1 aromatic rings. The monoisotopic (exact) mass is 229 g/mol. The Morgan fingerprint density at radius 1 is 1.56 bits per heavy atom. The van der Waals surface area contributed by atoms with Gasteiger partial charge in [-0.3, -0.25) is 4.57 Å². The SMILES string of the molecule is CCC1(NCc2nccn2C(F)F)CCC1. The number of nitrogens with zero attached hydrogens (tertiary/aromatic N) is 2. The maximum atomic E-state index is 12.6. The summed E-state index contributed by atoms with van der Waals surface area (Å²) in [5.41, 5.74) is 0.166. The minimum Gasteiger partial charge on any atom is -0.304 e. The van der Waals surface area contributed by atoms with Crippen molar-refractivity contribution in [2.45, 2.75) is 51.2 Å². The standard InChI is InChI=1S/C11H17F2N3/c1-2-11(4-3-5-11)15-8-9-14-6-7-16(9)10(12)13/h6-7,10,15H,2-5,8H2,1H3. The van der Waals surface area contributed by atoms with Crippen molar-refractivity contribution in [1.29, 1.82) is 0 Å². The summed E-state index contributed by atoms with van der Waals surface area (Å²) in [6.07, 6.45) is 7.29. The van der Waals surface area contributed by atoms with Crippen LogP contribution in [0, 0.1) is 0 Å². The zero-order valence-electron chi connectivity index (χ0n) is 9.42. The predicted octanol–water partition coefficient (Wildman–Crippen LogP) is 2.70. The first-order valence-corrected chi connectivity index (χ1v) is 5.72. The van der Waals surface area contributed by atoms with Crippen LogP contribution in [-0.4, -0.2) is 15.1 Å². The molecule has 1 N–H and O–H groups in total. The molecule has 3 nitrogen and oxygen atoms in total. The largest absolute Gasteiger partial charge is 0.319 e. The highest BCUT2D eigenvalue weighted by Gasteiger charge is 2.34. The van der Waals surface area contributed by atoms with Gasteiger partial charge in [0.2, 0.25) is 0 Å². The van der Waals surface area contributed by atoms with E-state index in [0.717, 1.165) is 23.8 Å². The van der Waals surface area contributed by atoms with Gasteiger partial charge in [0.1, 0.15) is 5.82 Å². The smallest absolute Gasteiger partial charge is 0.304 e. The molecule has 2 rings (SSSR count). The number of hydrogen-bond acceptors (Lipinski definition) is 2. The molecule has 1 aliphatic carbocycles. The van der Waals surface area contributed by atoms with E-state index in [-0.39, 0.29) is 5.54 Å². The van der Waals surface area contributed by atoms with Crippen LogP contribution in [0.1, 0.15) is 45.0 Å². The second-order valence-electron chi connectivity index (χ2n) is 4.37. The summed E-state index contributed by atoms with van der Waals surface area (Å²) in [5, 5.41) is 3.36. The molecule has 0 bridgehead atoms. The van der Waals surface area contributed by atoms with E-state index >= 15 is 0 Å². The maximum absolute atomic E-state index is 12.6. The van der Waals surface area contributed by atoms with Gasteiger partial charge in [-0.1, -0.05) is 6.92 Å². The highest BCUT2D eigenvalue weighted by atomic mass is 19.3. The van der Waals surface area contributed by atoms with Gasteiger partial charge in [-0.25, -0.2) is 4.98 Å². The number of nitrogens with one attached hydrogen (secondary N) is 1. The maximum Gasteiger partial charge on any atom is 0.319 e. The Kier molecular flexibility index (Phi) is 3.23. The number of halogens is 2. The molecule has 16 heavy (non-hydrogen) atoms. The lowest BCUT2D eigenvalue weighted by Gasteiger charge is -2.42. The number of aromatic nitrogens is 2. The average Bonchev–Trinajstić information content (AvgIpc) is 2.65. The van der Waals surface area contributed by atoms with Gasteiger partial charge in [-0.05, 0) is 25.7 Å². The van der Waals surface area contributed by atoms with E-state index in [2.05, 4.69) is 17.2 Å². The lowest BCUT2D eigenvalue weighted by molar-refractivity contribution is 0.0651. The Bertz CT molecular complexity index is 339. The van der Waals surface area contributed by atoms with Crippen molar-refractivity contribution in [2.24, 2.45) is 0 Å². The van der Waals surface area contributed by atoms with Gasteiger partial charge >= 0.3 is 6.55 Å². The lowest BCUT2D eigenvalue weighted by atomic mass is 9.75. The third-order valence-electron chi connectivity index (χ3n) is 3.57. The second kappa shape index (κ2) is 4.49. The van der Waals surface area contributed by atoms with Crippen LogP contribution in [0.25, 0.3) is 0 Å². The third-order valence-corrected chi connectivity index (χ3v) is 3.57. The van der Waals surface area contributed by atoms with Crippen LogP contribution in [-0.2, 0) is 6.54 Å². The Hall–Kier alpha value is -0.970. The number of hydrogen-bond donors (Lipinski definition) is 1. The molecular weight excluding hydrogens is 212 g/mol. The van der Waals surface area contributed by atoms with E-state index in [1.54, 1.807) is 0 Å². The molecule has 1 aromatic heterocycles. The van der Waals surface area contributed by atoms with Crippen molar-refractivity contribution >= 4 is 0 Å². The minimum absolute atomic E-state index is 0.166. The fourth-order valence-corrected chi connectivity index (χ4v) is 2.18. The first kappa shape index (κ1) is 11.5. The summed E-state index contributed by atoms with van der Waals surface area (Å²) >= 11 is 0. The zero-order chi connectivity index (χ0) is 11.6. The van der Waals surface area contributed by atoms with Crippen molar-refractivity contribution in [3.63, 3.8) is 0 Å². The van der Waals surface area contributed by atoms with Gasteiger partial charge in [0.15, 0.2) is 0 Å². The topological polar surface area (TPSA) is 29.9 Å². The molecule has 0 aromatic carbocycles. The fraction of sp³-hybridized carbons (Fsp3) is 0.727. The predicted molar refractivity (Wildman–Crippen MR) is 57.2 cm³/mol. The lowest BCUT2D eigenvalue weighted by Crippen LogP contribution is -2.50. The van der Waals surface area contributed by atoms with E-state index in [0.29, 0.717) is 12.4 Å². The van der Waals surface area contributed by atoms with Crippen LogP contribution in [0.5, 0.6) is 0 Å². The Morgan fingerprint density at radius 2 is 2.31 bits per heavy atom. The molecule has 1 fully saturated rings. The molecule has 0 radical (unpaired) electrons. The molecule has 0 saturated heterocycles. The van der Waals surface area contributed by atoms with E-state index in [1.165, 1.54) is 18.8 Å². The Labute approximate surface area is 93.9 Å². The van der Waals surface area contributed by atoms with Crippen LogP contribution in [0.2, 0.25) is 0 Å². The molecule has 0 amide bonds. The molecule has 0 spiro atoms. The van der Waals surface area contributed by atoms with E-state index in [4.69, 9.17) is 0 Å². The van der Waals surface area contributed by atoms with E-state index in [1.807, 2.05) is 0 Å². The van der Waals surface area contributed by atoms with E-state index < -0.39 is 6.55 Å². The molecule has 0 atom stereocenters. The average molecular weight is 229 g/mol. The molecule has 0 aliphatic heterocycles. The van der Waals surface area contributed by atoms with Gasteiger partial charge in [0.05, 0.1) is 6.54 Å². The molecule has 1 heterocycles. The van der Waals surface area contributed by atoms with Crippen LogP contribution in [0.3, 0.4) is 0 Å². The van der Waals surface area contributed by atoms with Crippen molar-refractivity contribution in [3.05, 3.63) is 18.2 Å². The summed E-state index contributed by atoms with van der Waals surface area (Å²) in [6, 6.07) is 0. The summed E-state index contributed by atoms with van der Waals surface area (Å²) in [4.78, 5) is 3.95. The van der Waals surface area contributed by atoms with Crippen molar-refractivity contribution in [3.8, 4) is 0 Å². The molecule has 5 heteroatoms.